The predicted octanol–water partition coefficient (Wildman–Crippen LogP) is 2.02. The fourth-order valence-corrected chi connectivity index (χ4v) is 1.94. The van der Waals surface area contributed by atoms with E-state index >= 15 is 0 Å². The minimum absolute atomic E-state index is 0.0755. The quantitative estimate of drug-likeness (QED) is 0.721. The second-order valence-electron chi connectivity index (χ2n) is 4.03. The molecule has 0 amide bonds. The van der Waals surface area contributed by atoms with Crippen LogP contribution in [0.15, 0.2) is 36.4 Å². The average Bonchev–Trinajstić information content (AvgIpc) is 2.38. The standard InChI is InChI=1S/C14H16N2O2/c1-18-14-7-11(16)3-5-13(14)12-4-2-10(15)6-9(12)8-17/h2-7,17H,8,15-16H2,1H3. The van der Waals surface area contributed by atoms with Crippen molar-refractivity contribution in [2.75, 3.05) is 18.6 Å². The SMILES string of the molecule is COc1cc(N)ccc1-c1ccc(N)cc1CO. The molecule has 5 N–H and O–H groups in total. The van der Waals surface area contributed by atoms with Crippen molar-refractivity contribution in [3.63, 3.8) is 0 Å². The normalized spacial score (nSPS) is 10.3. The third-order valence-electron chi connectivity index (χ3n) is 2.82. The molecule has 2 rings (SSSR count). The van der Waals surface area contributed by atoms with Crippen molar-refractivity contribution < 1.29 is 9.84 Å². The molecule has 0 fully saturated rings. The van der Waals surface area contributed by atoms with Gasteiger partial charge in [-0.15, -0.1) is 0 Å². The summed E-state index contributed by atoms with van der Waals surface area (Å²) < 4.78 is 5.32. The first-order valence-corrected chi connectivity index (χ1v) is 5.59. The molecule has 94 valence electrons. The van der Waals surface area contributed by atoms with Crippen LogP contribution in [0.25, 0.3) is 11.1 Å². The Morgan fingerprint density at radius 1 is 1.00 bits per heavy atom. The summed E-state index contributed by atoms with van der Waals surface area (Å²) in [7, 11) is 1.59. The highest BCUT2D eigenvalue weighted by molar-refractivity contribution is 5.76. The van der Waals surface area contributed by atoms with Gasteiger partial charge in [0.2, 0.25) is 0 Å². The van der Waals surface area contributed by atoms with Crippen LogP contribution in [0.1, 0.15) is 5.56 Å². The number of hydrogen-bond donors (Lipinski definition) is 3. The molecule has 0 bridgehead atoms. The molecule has 2 aromatic rings. The lowest BCUT2D eigenvalue weighted by atomic mass is 9.98. The summed E-state index contributed by atoms with van der Waals surface area (Å²) in [6, 6.07) is 10.9. The van der Waals surface area contributed by atoms with E-state index in [1.807, 2.05) is 12.1 Å². The highest BCUT2D eigenvalue weighted by atomic mass is 16.5. The summed E-state index contributed by atoms with van der Waals surface area (Å²) in [6.07, 6.45) is 0. The lowest BCUT2D eigenvalue weighted by molar-refractivity contribution is 0.282. The molecule has 0 radical (unpaired) electrons. The van der Waals surface area contributed by atoms with Crippen molar-refractivity contribution in [1.82, 2.24) is 0 Å². The number of nitrogens with two attached hydrogens (primary N) is 2. The number of nitrogen functional groups attached to an aromatic ring is 2. The molecular formula is C14H16N2O2. The number of benzene rings is 2. The van der Waals surface area contributed by atoms with Gasteiger partial charge in [0.25, 0.3) is 0 Å². The molecular weight excluding hydrogens is 228 g/mol. The first-order valence-electron chi connectivity index (χ1n) is 5.59. The van der Waals surface area contributed by atoms with Gasteiger partial charge in [0, 0.05) is 23.0 Å². The van der Waals surface area contributed by atoms with Crippen LogP contribution in [-0.2, 0) is 6.61 Å². The minimum Gasteiger partial charge on any atom is -0.496 e. The largest absolute Gasteiger partial charge is 0.496 e. The number of aliphatic hydroxyl groups is 1. The zero-order valence-corrected chi connectivity index (χ0v) is 10.2. The van der Waals surface area contributed by atoms with Crippen LogP contribution in [0, 0.1) is 0 Å². The van der Waals surface area contributed by atoms with Crippen molar-refractivity contribution in [2.45, 2.75) is 6.61 Å². The minimum atomic E-state index is -0.0755. The lowest BCUT2D eigenvalue weighted by Crippen LogP contribution is -1.96. The number of hydrogen-bond acceptors (Lipinski definition) is 4. The van der Waals surface area contributed by atoms with Crippen LogP contribution < -0.4 is 16.2 Å². The van der Waals surface area contributed by atoms with Gasteiger partial charge >= 0.3 is 0 Å². The third-order valence-corrected chi connectivity index (χ3v) is 2.82. The molecule has 0 aliphatic carbocycles. The molecule has 0 spiro atoms. The fraction of sp³-hybridized carbons (Fsp3) is 0.143. The molecule has 4 nitrogen and oxygen atoms in total. The Kier molecular flexibility index (Phi) is 3.39. The van der Waals surface area contributed by atoms with E-state index in [1.165, 1.54) is 0 Å². The third kappa shape index (κ3) is 2.24. The van der Waals surface area contributed by atoms with Gasteiger partial charge in [-0.1, -0.05) is 6.07 Å². The average molecular weight is 244 g/mol. The zero-order valence-electron chi connectivity index (χ0n) is 10.2. The molecule has 0 aliphatic heterocycles. The highest BCUT2D eigenvalue weighted by Gasteiger charge is 2.10. The highest BCUT2D eigenvalue weighted by Crippen LogP contribution is 2.34. The van der Waals surface area contributed by atoms with Crippen LogP contribution in [0.3, 0.4) is 0 Å². The molecule has 0 saturated carbocycles. The summed E-state index contributed by atoms with van der Waals surface area (Å²) in [5.41, 5.74) is 15.2. The van der Waals surface area contributed by atoms with Crippen molar-refractivity contribution in [2.24, 2.45) is 0 Å². The number of aliphatic hydroxyl groups excluding tert-OH is 1. The van der Waals surface area contributed by atoms with Crippen molar-refractivity contribution in [1.29, 1.82) is 0 Å². The summed E-state index contributed by atoms with van der Waals surface area (Å²) in [4.78, 5) is 0. The van der Waals surface area contributed by atoms with E-state index in [2.05, 4.69) is 0 Å². The van der Waals surface area contributed by atoms with Gasteiger partial charge in [0.1, 0.15) is 5.75 Å². The van der Waals surface area contributed by atoms with E-state index in [0.29, 0.717) is 17.1 Å². The predicted molar refractivity (Wildman–Crippen MR) is 73.2 cm³/mol. The van der Waals surface area contributed by atoms with Crippen LogP contribution in [-0.4, -0.2) is 12.2 Å². The Balaban J connectivity index is 2.61. The van der Waals surface area contributed by atoms with Gasteiger partial charge in [-0.3, -0.25) is 0 Å². The Morgan fingerprint density at radius 3 is 2.22 bits per heavy atom. The molecule has 4 heteroatoms. The van der Waals surface area contributed by atoms with Gasteiger partial charge in [0.15, 0.2) is 0 Å². The molecule has 0 heterocycles. The Hall–Kier alpha value is -2.20. The van der Waals surface area contributed by atoms with Crippen LogP contribution in [0.2, 0.25) is 0 Å². The maximum Gasteiger partial charge on any atom is 0.128 e. The maximum absolute atomic E-state index is 9.40. The Morgan fingerprint density at radius 2 is 1.61 bits per heavy atom. The summed E-state index contributed by atoms with van der Waals surface area (Å²) in [5, 5.41) is 9.40. The summed E-state index contributed by atoms with van der Waals surface area (Å²) in [6.45, 7) is -0.0755. The van der Waals surface area contributed by atoms with Gasteiger partial charge in [-0.25, -0.2) is 0 Å². The van der Waals surface area contributed by atoms with Crippen LogP contribution in [0.5, 0.6) is 5.75 Å². The van der Waals surface area contributed by atoms with Gasteiger partial charge in [0.05, 0.1) is 13.7 Å². The van der Waals surface area contributed by atoms with Gasteiger partial charge < -0.3 is 21.3 Å². The van der Waals surface area contributed by atoms with Crippen molar-refractivity contribution in [3.05, 3.63) is 42.0 Å². The summed E-state index contributed by atoms with van der Waals surface area (Å²) >= 11 is 0. The number of methoxy groups -OCH3 is 1. The zero-order chi connectivity index (χ0) is 13.1. The molecule has 0 aliphatic rings. The van der Waals surface area contributed by atoms with Crippen molar-refractivity contribution >= 4 is 11.4 Å². The monoisotopic (exact) mass is 244 g/mol. The van der Waals surface area contributed by atoms with E-state index in [4.69, 9.17) is 16.2 Å². The Labute approximate surface area is 106 Å². The van der Waals surface area contributed by atoms with E-state index in [1.54, 1.807) is 31.4 Å². The summed E-state index contributed by atoms with van der Waals surface area (Å²) in [5.74, 6) is 0.675. The molecule has 0 saturated heterocycles. The van der Waals surface area contributed by atoms with Gasteiger partial charge in [-0.05, 0) is 35.4 Å². The first-order chi connectivity index (χ1) is 8.65. The number of anilines is 2. The maximum atomic E-state index is 9.40. The van der Waals surface area contributed by atoms with E-state index in [0.717, 1.165) is 16.7 Å². The van der Waals surface area contributed by atoms with Gasteiger partial charge in [-0.2, -0.15) is 0 Å². The molecule has 0 atom stereocenters. The molecule has 0 aromatic heterocycles. The Bertz CT molecular complexity index is 516. The van der Waals surface area contributed by atoms with Crippen LogP contribution in [0.4, 0.5) is 11.4 Å². The smallest absolute Gasteiger partial charge is 0.128 e. The lowest BCUT2D eigenvalue weighted by Gasteiger charge is -2.13. The van der Waals surface area contributed by atoms with Crippen molar-refractivity contribution in [3.8, 4) is 16.9 Å². The first kappa shape index (κ1) is 12.3. The fourth-order valence-electron chi connectivity index (χ4n) is 1.94. The number of ether oxygens (including phenoxy) is 1. The number of rotatable bonds is 3. The van der Waals surface area contributed by atoms with Crippen LogP contribution >= 0.6 is 0 Å². The van der Waals surface area contributed by atoms with E-state index in [-0.39, 0.29) is 6.61 Å². The molecule has 0 unspecified atom stereocenters. The molecule has 18 heavy (non-hydrogen) atoms. The second-order valence-corrected chi connectivity index (χ2v) is 4.03. The molecule has 2 aromatic carbocycles. The topological polar surface area (TPSA) is 81.5 Å². The van der Waals surface area contributed by atoms with E-state index < -0.39 is 0 Å². The van der Waals surface area contributed by atoms with E-state index in [9.17, 15) is 5.11 Å². The second kappa shape index (κ2) is 4.98.